The lowest BCUT2D eigenvalue weighted by atomic mass is 9.86. The molecule has 18 heavy (non-hydrogen) atoms. The predicted molar refractivity (Wildman–Crippen MR) is 80.5 cm³/mol. The summed E-state index contributed by atoms with van der Waals surface area (Å²) in [6, 6.07) is 8.74. The number of rotatable bonds is 2. The van der Waals surface area contributed by atoms with Crippen LogP contribution in [0.25, 0.3) is 11.3 Å². The monoisotopic (exact) mass is 260 g/mol. The topological polar surface area (TPSA) is 24.9 Å². The summed E-state index contributed by atoms with van der Waals surface area (Å²) in [5.41, 5.74) is 3.84. The first-order chi connectivity index (χ1) is 8.41. The van der Waals surface area contributed by atoms with Gasteiger partial charge in [-0.25, -0.2) is 4.98 Å². The molecule has 0 bridgehead atoms. The first kappa shape index (κ1) is 13.1. The van der Waals surface area contributed by atoms with Gasteiger partial charge in [-0.2, -0.15) is 0 Å². The lowest BCUT2D eigenvalue weighted by molar-refractivity contribution is 0.590. The summed E-state index contributed by atoms with van der Waals surface area (Å²) >= 11 is 1.70. The van der Waals surface area contributed by atoms with Gasteiger partial charge in [0.2, 0.25) is 0 Å². The minimum atomic E-state index is 0.200. The maximum absolute atomic E-state index is 4.60. The van der Waals surface area contributed by atoms with Gasteiger partial charge in [-0.1, -0.05) is 45.0 Å². The van der Waals surface area contributed by atoms with Crippen LogP contribution >= 0.6 is 11.3 Å². The molecule has 96 valence electrons. The largest absolute Gasteiger partial charge is 0.365 e. The molecule has 0 radical (unpaired) electrons. The molecular weight excluding hydrogens is 240 g/mol. The molecule has 0 unspecified atom stereocenters. The summed E-state index contributed by atoms with van der Waals surface area (Å²) in [6.07, 6.45) is 0. The van der Waals surface area contributed by atoms with Gasteiger partial charge in [0.15, 0.2) is 5.13 Å². The molecule has 3 heteroatoms. The fourth-order valence-corrected chi connectivity index (χ4v) is 2.69. The van der Waals surface area contributed by atoms with E-state index in [0.29, 0.717) is 0 Å². The van der Waals surface area contributed by atoms with Crippen LogP contribution in [0.3, 0.4) is 0 Å². The number of nitrogens with one attached hydrogen (secondary N) is 1. The smallest absolute Gasteiger partial charge is 0.183 e. The fourth-order valence-electron chi connectivity index (χ4n) is 1.90. The summed E-state index contributed by atoms with van der Waals surface area (Å²) in [7, 11) is 1.91. The van der Waals surface area contributed by atoms with Crippen LogP contribution in [0.1, 0.15) is 31.2 Å². The van der Waals surface area contributed by atoms with Crippen LogP contribution in [-0.2, 0) is 5.41 Å². The highest BCUT2D eigenvalue weighted by atomic mass is 32.1. The van der Waals surface area contributed by atoms with Crippen molar-refractivity contribution in [1.29, 1.82) is 0 Å². The van der Waals surface area contributed by atoms with Crippen LogP contribution in [-0.4, -0.2) is 12.0 Å². The molecule has 2 rings (SSSR count). The standard InChI is InChI=1S/C15H20N2S/c1-10-13(17-14(16-5)18-10)11-6-8-12(9-7-11)15(2,3)4/h6-9H,1-5H3,(H,16,17). The Kier molecular flexibility index (Phi) is 3.44. The molecule has 1 heterocycles. The van der Waals surface area contributed by atoms with E-state index >= 15 is 0 Å². The van der Waals surface area contributed by atoms with Crippen molar-refractivity contribution in [2.45, 2.75) is 33.1 Å². The average molecular weight is 260 g/mol. The van der Waals surface area contributed by atoms with Crippen molar-refractivity contribution < 1.29 is 0 Å². The Bertz CT molecular complexity index is 533. The number of benzene rings is 1. The van der Waals surface area contributed by atoms with Gasteiger partial charge in [-0.3, -0.25) is 0 Å². The molecule has 0 amide bonds. The summed E-state index contributed by atoms with van der Waals surface area (Å²) in [4.78, 5) is 5.85. The fraction of sp³-hybridized carbons (Fsp3) is 0.400. The van der Waals surface area contributed by atoms with Gasteiger partial charge in [0, 0.05) is 17.5 Å². The molecule has 0 aliphatic rings. The van der Waals surface area contributed by atoms with Gasteiger partial charge >= 0.3 is 0 Å². The number of aryl methyl sites for hydroxylation is 1. The Morgan fingerprint density at radius 2 is 1.72 bits per heavy atom. The number of aromatic nitrogens is 1. The lowest BCUT2D eigenvalue weighted by Crippen LogP contribution is -2.10. The average Bonchev–Trinajstić information content (AvgIpc) is 2.70. The second kappa shape index (κ2) is 4.73. The van der Waals surface area contributed by atoms with E-state index in [1.54, 1.807) is 11.3 Å². The highest BCUT2D eigenvalue weighted by molar-refractivity contribution is 7.15. The minimum Gasteiger partial charge on any atom is -0.365 e. The molecule has 0 spiro atoms. The van der Waals surface area contributed by atoms with Gasteiger partial charge in [0.1, 0.15) is 0 Å². The maximum Gasteiger partial charge on any atom is 0.183 e. The summed E-state index contributed by atoms with van der Waals surface area (Å²) in [5, 5.41) is 4.08. The van der Waals surface area contributed by atoms with Crippen molar-refractivity contribution in [2.24, 2.45) is 0 Å². The van der Waals surface area contributed by atoms with E-state index in [1.165, 1.54) is 16.0 Å². The van der Waals surface area contributed by atoms with Gasteiger partial charge in [-0.15, -0.1) is 11.3 Å². The van der Waals surface area contributed by atoms with Crippen molar-refractivity contribution >= 4 is 16.5 Å². The lowest BCUT2D eigenvalue weighted by Gasteiger charge is -2.19. The van der Waals surface area contributed by atoms with Crippen molar-refractivity contribution in [3.63, 3.8) is 0 Å². The first-order valence-corrected chi connectivity index (χ1v) is 6.99. The van der Waals surface area contributed by atoms with E-state index in [4.69, 9.17) is 0 Å². The third kappa shape index (κ3) is 2.56. The first-order valence-electron chi connectivity index (χ1n) is 6.18. The van der Waals surface area contributed by atoms with Crippen molar-refractivity contribution in [1.82, 2.24) is 4.98 Å². The maximum atomic E-state index is 4.60. The Morgan fingerprint density at radius 1 is 1.11 bits per heavy atom. The molecule has 1 N–H and O–H groups in total. The molecule has 1 aromatic carbocycles. The van der Waals surface area contributed by atoms with Crippen LogP contribution in [0.5, 0.6) is 0 Å². The molecule has 0 aliphatic heterocycles. The van der Waals surface area contributed by atoms with E-state index in [0.717, 1.165) is 10.8 Å². The number of nitrogens with zero attached hydrogens (tertiary/aromatic N) is 1. The van der Waals surface area contributed by atoms with Crippen LogP contribution in [0.2, 0.25) is 0 Å². The van der Waals surface area contributed by atoms with Crippen molar-refractivity contribution in [3.05, 3.63) is 34.7 Å². The molecule has 0 fully saturated rings. The SMILES string of the molecule is CNc1nc(-c2ccc(C(C)(C)C)cc2)c(C)s1. The van der Waals surface area contributed by atoms with Crippen LogP contribution in [0.4, 0.5) is 5.13 Å². The number of hydrogen-bond donors (Lipinski definition) is 1. The molecule has 2 nitrogen and oxygen atoms in total. The third-order valence-electron chi connectivity index (χ3n) is 3.03. The zero-order valence-corrected chi connectivity index (χ0v) is 12.5. The molecule has 0 atom stereocenters. The van der Waals surface area contributed by atoms with Gasteiger partial charge in [-0.05, 0) is 17.9 Å². The molecule has 0 aliphatic carbocycles. The van der Waals surface area contributed by atoms with Gasteiger partial charge in [0.05, 0.1) is 5.69 Å². The molecule has 2 aromatic rings. The second-order valence-corrected chi connectivity index (χ2v) is 6.70. The summed E-state index contributed by atoms with van der Waals surface area (Å²) in [5.74, 6) is 0. The molecule has 0 saturated heterocycles. The van der Waals surface area contributed by atoms with E-state index < -0.39 is 0 Å². The van der Waals surface area contributed by atoms with Crippen molar-refractivity contribution in [2.75, 3.05) is 12.4 Å². The normalized spacial score (nSPS) is 11.6. The highest BCUT2D eigenvalue weighted by Gasteiger charge is 2.14. The Morgan fingerprint density at radius 3 is 2.17 bits per heavy atom. The minimum absolute atomic E-state index is 0.200. The van der Waals surface area contributed by atoms with Crippen LogP contribution in [0, 0.1) is 6.92 Å². The van der Waals surface area contributed by atoms with Gasteiger partial charge in [0.25, 0.3) is 0 Å². The predicted octanol–water partition coefficient (Wildman–Crippen LogP) is 4.46. The number of anilines is 1. The van der Waals surface area contributed by atoms with E-state index in [1.807, 2.05) is 7.05 Å². The van der Waals surface area contributed by atoms with E-state index in [2.05, 4.69) is 62.3 Å². The quantitative estimate of drug-likeness (QED) is 0.862. The molecule has 1 aromatic heterocycles. The molecular formula is C15H20N2S. The second-order valence-electron chi connectivity index (χ2n) is 5.50. The Hall–Kier alpha value is -1.35. The zero-order chi connectivity index (χ0) is 13.3. The summed E-state index contributed by atoms with van der Waals surface area (Å²) in [6.45, 7) is 8.81. The number of thiazole rings is 1. The van der Waals surface area contributed by atoms with Crippen molar-refractivity contribution in [3.8, 4) is 11.3 Å². The van der Waals surface area contributed by atoms with Gasteiger partial charge < -0.3 is 5.32 Å². The van der Waals surface area contributed by atoms with E-state index in [-0.39, 0.29) is 5.41 Å². The Balaban J connectivity index is 2.37. The van der Waals surface area contributed by atoms with E-state index in [9.17, 15) is 0 Å². The highest BCUT2D eigenvalue weighted by Crippen LogP contribution is 2.31. The molecule has 0 saturated carbocycles. The van der Waals surface area contributed by atoms with Crippen LogP contribution in [0.15, 0.2) is 24.3 Å². The Labute approximate surface area is 113 Å². The number of hydrogen-bond acceptors (Lipinski definition) is 3. The third-order valence-corrected chi connectivity index (χ3v) is 4.02. The summed E-state index contributed by atoms with van der Waals surface area (Å²) < 4.78 is 0. The van der Waals surface area contributed by atoms with Crippen LogP contribution < -0.4 is 5.32 Å². The zero-order valence-electron chi connectivity index (χ0n) is 11.7.